The minimum atomic E-state index is -0.0866. The summed E-state index contributed by atoms with van der Waals surface area (Å²) in [5, 5.41) is 3.80. The summed E-state index contributed by atoms with van der Waals surface area (Å²) < 4.78 is 3.51. The normalized spacial score (nSPS) is 10.7. The lowest BCUT2D eigenvalue weighted by Gasteiger charge is -2.24. The molecule has 5 nitrogen and oxygen atoms in total. The zero-order valence-corrected chi connectivity index (χ0v) is 15.7. The van der Waals surface area contributed by atoms with E-state index in [0.717, 1.165) is 37.3 Å². The Morgan fingerprint density at radius 3 is 2.29 bits per heavy atom. The molecule has 0 unspecified atom stereocenters. The van der Waals surface area contributed by atoms with E-state index in [4.69, 9.17) is 12.2 Å². The van der Waals surface area contributed by atoms with Gasteiger partial charge in [-0.3, -0.25) is 9.48 Å². The Balaban J connectivity index is 2.35. The van der Waals surface area contributed by atoms with Gasteiger partial charge in [0.2, 0.25) is 0 Å². The molecular formula is C18H26N4OS. The van der Waals surface area contributed by atoms with Crippen molar-refractivity contribution in [3.8, 4) is 5.69 Å². The van der Waals surface area contributed by atoms with Gasteiger partial charge in [-0.15, -0.1) is 0 Å². The van der Waals surface area contributed by atoms with Gasteiger partial charge < -0.3 is 10.2 Å². The summed E-state index contributed by atoms with van der Waals surface area (Å²) in [5.41, 5.74) is 2.16. The number of anilines is 1. The summed E-state index contributed by atoms with van der Waals surface area (Å²) in [7, 11) is 1.88. The molecule has 0 fully saturated rings. The van der Waals surface area contributed by atoms with Crippen molar-refractivity contribution in [3.63, 3.8) is 0 Å². The largest absolute Gasteiger partial charge is 0.349 e. The van der Waals surface area contributed by atoms with Gasteiger partial charge in [0.15, 0.2) is 5.11 Å². The van der Waals surface area contributed by atoms with Crippen molar-refractivity contribution in [2.45, 2.75) is 33.6 Å². The topological polar surface area (TPSA) is 42.2 Å². The Bertz CT molecular complexity index is 742. The van der Waals surface area contributed by atoms with Gasteiger partial charge in [0.25, 0.3) is 5.56 Å². The number of hydrogen-bond acceptors (Lipinski definition) is 2. The number of aromatic nitrogens is 2. The number of hydrogen-bond donors (Lipinski definition) is 1. The predicted molar refractivity (Wildman–Crippen MR) is 104 cm³/mol. The summed E-state index contributed by atoms with van der Waals surface area (Å²) in [6.07, 6.45) is 2.04. The molecule has 0 aliphatic heterocycles. The van der Waals surface area contributed by atoms with Gasteiger partial charge in [-0.05, 0) is 44.1 Å². The average Bonchev–Trinajstić information content (AvgIpc) is 2.79. The van der Waals surface area contributed by atoms with Crippen molar-refractivity contribution in [3.05, 3.63) is 46.4 Å². The molecular weight excluding hydrogens is 320 g/mol. The van der Waals surface area contributed by atoms with Gasteiger partial charge in [0, 0.05) is 20.1 Å². The van der Waals surface area contributed by atoms with Crippen molar-refractivity contribution in [2.75, 3.05) is 18.4 Å². The number of para-hydroxylation sites is 1. The fourth-order valence-electron chi connectivity index (χ4n) is 2.75. The zero-order chi connectivity index (χ0) is 17.7. The first-order valence-corrected chi connectivity index (χ1v) is 8.82. The smallest absolute Gasteiger partial charge is 0.295 e. The van der Waals surface area contributed by atoms with Crippen LogP contribution in [0, 0.1) is 6.92 Å². The van der Waals surface area contributed by atoms with Gasteiger partial charge in [-0.25, -0.2) is 4.68 Å². The van der Waals surface area contributed by atoms with Crippen molar-refractivity contribution < 1.29 is 0 Å². The highest BCUT2D eigenvalue weighted by molar-refractivity contribution is 7.80. The lowest BCUT2D eigenvalue weighted by Crippen LogP contribution is -2.37. The molecule has 0 bridgehead atoms. The van der Waals surface area contributed by atoms with Crippen molar-refractivity contribution in [2.24, 2.45) is 7.05 Å². The highest BCUT2D eigenvalue weighted by Gasteiger charge is 2.18. The minimum absolute atomic E-state index is 0.0866. The van der Waals surface area contributed by atoms with E-state index >= 15 is 0 Å². The molecule has 2 rings (SSSR count). The molecule has 1 heterocycles. The number of thiocarbonyl (C=S) groups is 1. The first-order chi connectivity index (χ1) is 11.5. The van der Waals surface area contributed by atoms with Gasteiger partial charge in [0.1, 0.15) is 5.69 Å². The van der Waals surface area contributed by atoms with Crippen LogP contribution in [0.2, 0.25) is 0 Å². The first-order valence-electron chi connectivity index (χ1n) is 8.41. The number of nitrogens with one attached hydrogen (secondary N) is 1. The van der Waals surface area contributed by atoms with E-state index in [1.165, 1.54) is 0 Å². The monoisotopic (exact) mass is 346 g/mol. The van der Waals surface area contributed by atoms with E-state index in [2.05, 4.69) is 24.1 Å². The second-order valence-corrected chi connectivity index (χ2v) is 6.24. The summed E-state index contributed by atoms with van der Waals surface area (Å²) >= 11 is 5.53. The third kappa shape index (κ3) is 3.70. The molecule has 1 N–H and O–H groups in total. The number of nitrogens with zero attached hydrogens (tertiary/aromatic N) is 3. The molecule has 2 aromatic rings. The molecule has 0 aliphatic carbocycles. The molecule has 0 atom stereocenters. The van der Waals surface area contributed by atoms with E-state index in [-0.39, 0.29) is 5.56 Å². The van der Waals surface area contributed by atoms with Gasteiger partial charge in [0.05, 0.1) is 11.4 Å². The molecule has 130 valence electrons. The van der Waals surface area contributed by atoms with Crippen molar-refractivity contribution >= 4 is 23.0 Å². The van der Waals surface area contributed by atoms with Crippen molar-refractivity contribution in [1.82, 2.24) is 14.3 Å². The highest BCUT2D eigenvalue weighted by atomic mass is 32.1. The highest BCUT2D eigenvalue weighted by Crippen LogP contribution is 2.14. The van der Waals surface area contributed by atoms with Crippen LogP contribution in [0.15, 0.2) is 35.1 Å². The Hall–Kier alpha value is -2.08. The predicted octanol–water partition coefficient (Wildman–Crippen LogP) is 3.30. The summed E-state index contributed by atoms with van der Waals surface area (Å²) in [6.45, 7) is 7.95. The van der Waals surface area contributed by atoms with Crippen LogP contribution in [-0.2, 0) is 7.05 Å². The quantitative estimate of drug-likeness (QED) is 0.815. The van der Waals surface area contributed by atoms with Gasteiger partial charge in [-0.1, -0.05) is 32.0 Å². The van der Waals surface area contributed by atoms with E-state index in [9.17, 15) is 4.79 Å². The molecule has 0 saturated carbocycles. The maximum absolute atomic E-state index is 12.9. The second-order valence-electron chi connectivity index (χ2n) is 5.85. The van der Waals surface area contributed by atoms with Crippen LogP contribution in [0.5, 0.6) is 0 Å². The Morgan fingerprint density at radius 2 is 1.75 bits per heavy atom. The summed E-state index contributed by atoms with van der Waals surface area (Å²) in [6, 6.07) is 9.62. The molecule has 0 saturated heterocycles. The molecule has 0 amide bonds. The molecule has 1 aromatic heterocycles. The lowest BCUT2D eigenvalue weighted by molar-refractivity contribution is 0.423. The Labute approximate surface area is 148 Å². The van der Waals surface area contributed by atoms with E-state index in [1.54, 1.807) is 4.68 Å². The fraction of sp³-hybridized carbons (Fsp3) is 0.444. The first kappa shape index (κ1) is 18.3. The van der Waals surface area contributed by atoms with Crippen LogP contribution in [0.4, 0.5) is 5.69 Å². The maximum Gasteiger partial charge on any atom is 0.295 e. The summed E-state index contributed by atoms with van der Waals surface area (Å²) in [5.74, 6) is 0. The number of benzene rings is 1. The maximum atomic E-state index is 12.9. The van der Waals surface area contributed by atoms with Crippen LogP contribution in [0.3, 0.4) is 0 Å². The average molecular weight is 347 g/mol. The van der Waals surface area contributed by atoms with Crippen LogP contribution in [0.1, 0.15) is 32.4 Å². The molecule has 0 spiro atoms. The van der Waals surface area contributed by atoms with E-state index in [1.807, 2.05) is 49.0 Å². The molecule has 24 heavy (non-hydrogen) atoms. The Kier molecular flexibility index (Phi) is 6.20. The van der Waals surface area contributed by atoms with Crippen molar-refractivity contribution in [1.29, 1.82) is 0 Å². The third-order valence-electron chi connectivity index (χ3n) is 4.06. The standard InChI is InChI=1S/C18H26N4OS/c1-5-12-21(13-6-2)18(24)19-16-14(3)20(4)22(17(16)23)15-10-8-7-9-11-15/h7-11H,5-6,12-13H2,1-4H3,(H,19,24). The van der Waals surface area contributed by atoms with Crippen LogP contribution >= 0.6 is 12.2 Å². The van der Waals surface area contributed by atoms with Gasteiger partial charge in [-0.2, -0.15) is 0 Å². The fourth-order valence-corrected chi connectivity index (χ4v) is 3.04. The Morgan fingerprint density at radius 1 is 1.17 bits per heavy atom. The van der Waals surface area contributed by atoms with Crippen LogP contribution < -0.4 is 10.9 Å². The SMILES string of the molecule is CCCN(CCC)C(=S)Nc1c(C)n(C)n(-c2ccccc2)c1=O. The second kappa shape index (κ2) is 8.15. The lowest BCUT2D eigenvalue weighted by atomic mass is 10.3. The van der Waals surface area contributed by atoms with E-state index < -0.39 is 0 Å². The minimum Gasteiger partial charge on any atom is -0.349 e. The molecule has 0 aliphatic rings. The van der Waals surface area contributed by atoms with Crippen LogP contribution in [-0.4, -0.2) is 32.5 Å². The molecule has 6 heteroatoms. The van der Waals surface area contributed by atoms with E-state index in [0.29, 0.717) is 10.8 Å². The third-order valence-corrected chi connectivity index (χ3v) is 4.42. The van der Waals surface area contributed by atoms with Crippen LogP contribution in [0.25, 0.3) is 5.69 Å². The summed E-state index contributed by atoms with van der Waals surface area (Å²) in [4.78, 5) is 15.0. The van der Waals surface area contributed by atoms with Gasteiger partial charge >= 0.3 is 0 Å². The number of rotatable bonds is 6. The molecule has 0 radical (unpaired) electrons. The zero-order valence-electron chi connectivity index (χ0n) is 14.9. The molecule has 1 aromatic carbocycles.